The minimum Gasteiger partial charge on any atom is -0.396 e. The molecule has 3 heteroatoms. The number of nitrogens with zero attached hydrogens (tertiary/aromatic N) is 1. The molecule has 0 spiro atoms. The van der Waals surface area contributed by atoms with Crippen LogP contribution in [0.5, 0.6) is 0 Å². The van der Waals surface area contributed by atoms with Crippen LogP contribution in [0.1, 0.15) is 38.3 Å². The van der Waals surface area contributed by atoms with E-state index >= 15 is 0 Å². The Hall–Kier alpha value is -2.65. The zero-order valence-corrected chi connectivity index (χ0v) is 16.2. The minimum absolute atomic E-state index is 0.106. The van der Waals surface area contributed by atoms with Crippen LogP contribution < -0.4 is 0 Å². The number of rotatable bonds is 4. The number of aliphatic hydroxyl groups is 1. The van der Waals surface area contributed by atoms with E-state index in [0.29, 0.717) is 0 Å². The number of aromatic amines is 1. The quantitative estimate of drug-likeness (QED) is 0.498. The van der Waals surface area contributed by atoms with Crippen molar-refractivity contribution in [3.05, 3.63) is 65.9 Å². The van der Waals surface area contributed by atoms with Crippen molar-refractivity contribution in [2.75, 3.05) is 6.61 Å². The van der Waals surface area contributed by atoms with Gasteiger partial charge < -0.3 is 10.1 Å². The maximum Gasteiger partial charge on any atom is 0.0748 e. The zero-order valence-electron chi connectivity index (χ0n) is 16.2. The second kappa shape index (κ2) is 6.82. The predicted octanol–water partition coefficient (Wildman–Crippen LogP) is 5.61. The van der Waals surface area contributed by atoms with E-state index in [1.807, 2.05) is 6.20 Å². The molecule has 3 nitrogen and oxygen atoms in total. The summed E-state index contributed by atoms with van der Waals surface area (Å²) >= 11 is 0. The van der Waals surface area contributed by atoms with Gasteiger partial charge in [-0.1, -0.05) is 39.0 Å². The van der Waals surface area contributed by atoms with Crippen molar-refractivity contribution >= 4 is 21.8 Å². The Labute approximate surface area is 160 Å². The molecule has 2 aromatic carbocycles. The van der Waals surface area contributed by atoms with E-state index in [-0.39, 0.29) is 12.0 Å². The highest BCUT2D eigenvalue weighted by molar-refractivity contribution is 5.96. The molecule has 0 amide bonds. The molecule has 0 radical (unpaired) electrons. The highest BCUT2D eigenvalue weighted by atomic mass is 16.2. The topological polar surface area (TPSA) is 48.9 Å². The third-order valence-electron chi connectivity index (χ3n) is 5.21. The molecular weight excluding hydrogens is 332 g/mol. The van der Waals surface area contributed by atoms with Gasteiger partial charge in [-0.3, -0.25) is 0 Å². The summed E-state index contributed by atoms with van der Waals surface area (Å²) in [6.45, 7) is 6.88. The van der Waals surface area contributed by atoms with Gasteiger partial charge in [-0.05, 0) is 59.7 Å². The van der Waals surface area contributed by atoms with Gasteiger partial charge in [-0.15, -0.1) is 0 Å². The number of nitrogens with one attached hydrogen (secondary N) is 1. The molecule has 138 valence electrons. The first-order valence-corrected chi connectivity index (χ1v) is 9.59. The molecule has 0 saturated heterocycles. The summed E-state index contributed by atoms with van der Waals surface area (Å²) in [7, 11) is 0. The first kappa shape index (κ1) is 17.7. The summed E-state index contributed by atoms with van der Waals surface area (Å²) < 4.78 is 0. The molecule has 0 bridgehead atoms. The molecule has 0 fully saturated rings. The van der Waals surface area contributed by atoms with Crippen molar-refractivity contribution in [2.24, 2.45) is 0 Å². The Morgan fingerprint density at radius 1 is 1.04 bits per heavy atom. The molecule has 4 rings (SSSR count). The average Bonchev–Trinajstić information content (AvgIpc) is 3.13. The molecule has 2 aromatic heterocycles. The van der Waals surface area contributed by atoms with Gasteiger partial charge in [-0.25, -0.2) is 4.98 Å². The highest BCUT2D eigenvalue weighted by Gasteiger charge is 2.16. The average molecular weight is 358 g/mol. The first-order valence-electron chi connectivity index (χ1n) is 9.59. The summed E-state index contributed by atoms with van der Waals surface area (Å²) in [5.41, 5.74) is 6.90. The lowest BCUT2D eigenvalue weighted by molar-refractivity contribution is 0.288. The van der Waals surface area contributed by atoms with Crippen LogP contribution in [0, 0.1) is 0 Å². The van der Waals surface area contributed by atoms with Crippen LogP contribution in [0.4, 0.5) is 0 Å². The normalized spacial score (nSPS) is 12.1. The molecule has 0 unspecified atom stereocenters. The van der Waals surface area contributed by atoms with Crippen LogP contribution in [0.3, 0.4) is 0 Å². The van der Waals surface area contributed by atoms with Crippen LogP contribution in [0.2, 0.25) is 0 Å². The van der Waals surface area contributed by atoms with E-state index in [9.17, 15) is 5.11 Å². The number of pyridine rings is 1. The van der Waals surface area contributed by atoms with Crippen molar-refractivity contribution in [2.45, 2.75) is 39.0 Å². The first-order chi connectivity index (χ1) is 13.0. The molecular formula is C24H26N2O. The number of hydrogen-bond acceptors (Lipinski definition) is 2. The fraction of sp³-hybridized carbons (Fsp3) is 0.292. The number of aryl methyl sites for hydroxylation is 1. The summed E-state index contributed by atoms with van der Waals surface area (Å²) in [5, 5.41) is 11.7. The Balaban J connectivity index is 1.94. The van der Waals surface area contributed by atoms with Gasteiger partial charge in [0, 0.05) is 34.7 Å². The molecule has 2 N–H and O–H groups in total. The molecule has 4 aromatic rings. The molecule has 0 aliphatic heterocycles. The van der Waals surface area contributed by atoms with E-state index in [2.05, 4.69) is 74.3 Å². The Morgan fingerprint density at radius 3 is 2.67 bits per heavy atom. The van der Waals surface area contributed by atoms with Crippen LogP contribution >= 0.6 is 0 Å². The van der Waals surface area contributed by atoms with Gasteiger partial charge in [0.1, 0.15) is 0 Å². The molecule has 0 saturated carbocycles. The molecule has 0 aliphatic rings. The molecule has 2 heterocycles. The fourth-order valence-electron chi connectivity index (χ4n) is 3.67. The number of hydrogen-bond donors (Lipinski definition) is 2. The Bertz CT molecular complexity index is 1100. The molecule has 0 atom stereocenters. The Kier molecular flexibility index (Phi) is 4.48. The smallest absolute Gasteiger partial charge is 0.0748 e. The van der Waals surface area contributed by atoms with Crippen molar-refractivity contribution in [3.63, 3.8) is 0 Å². The molecule has 27 heavy (non-hydrogen) atoms. The SMILES string of the molecule is CC(C)(C)c1ccc2nc(-c3cccc4[nH]ccc34)c(CCCO)cc2c1. The maximum atomic E-state index is 9.37. The number of fused-ring (bicyclic) bond motifs is 2. The summed E-state index contributed by atoms with van der Waals surface area (Å²) in [6.07, 6.45) is 3.52. The highest BCUT2D eigenvalue weighted by Crippen LogP contribution is 2.33. The van der Waals surface area contributed by atoms with Gasteiger partial charge in [0.15, 0.2) is 0 Å². The van der Waals surface area contributed by atoms with Crippen LogP contribution in [-0.4, -0.2) is 21.7 Å². The van der Waals surface area contributed by atoms with Crippen molar-refractivity contribution in [1.29, 1.82) is 0 Å². The van der Waals surface area contributed by atoms with Crippen LogP contribution in [0.15, 0.2) is 54.7 Å². The number of aliphatic hydroxyl groups excluding tert-OH is 1. The lowest BCUT2D eigenvalue weighted by Gasteiger charge is -2.20. The third kappa shape index (κ3) is 3.35. The van der Waals surface area contributed by atoms with Crippen LogP contribution in [0.25, 0.3) is 33.1 Å². The van der Waals surface area contributed by atoms with E-state index < -0.39 is 0 Å². The molecule has 0 aliphatic carbocycles. The number of aromatic nitrogens is 2. The maximum absolute atomic E-state index is 9.37. The fourth-order valence-corrected chi connectivity index (χ4v) is 3.67. The minimum atomic E-state index is 0.106. The van der Waals surface area contributed by atoms with E-state index in [1.54, 1.807) is 0 Å². The van der Waals surface area contributed by atoms with Gasteiger partial charge in [-0.2, -0.15) is 0 Å². The zero-order chi connectivity index (χ0) is 19.0. The number of H-pyrrole nitrogens is 1. The second-order valence-electron chi connectivity index (χ2n) is 8.23. The van der Waals surface area contributed by atoms with Gasteiger partial charge >= 0.3 is 0 Å². The predicted molar refractivity (Wildman–Crippen MR) is 113 cm³/mol. The summed E-state index contributed by atoms with van der Waals surface area (Å²) in [4.78, 5) is 8.34. The van der Waals surface area contributed by atoms with E-state index in [0.717, 1.165) is 35.1 Å². The van der Waals surface area contributed by atoms with E-state index in [4.69, 9.17) is 4.98 Å². The summed E-state index contributed by atoms with van der Waals surface area (Å²) in [6, 6.07) is 17.2. The van der Waals surface area contributed by atoms with Crippen molar-refractivity contribution in [3.8, 4) is 11.3 Å². The second-order valence-corrected chi connectivity index (χ2v) is 8.23. The summed E-state index contributed by atoms with van der Waals surface area (Å²) in [5.74, 6) is 0. The van der Waals surface area contributed by atoms with Crippen LogP contribution in [-0.2, 0) is 11.8 Å². The number of benzene rings is 2. The van der Waals surface area contributed by atoms with Crippen molar-refractivity contribution in [1.82, 2.24) is 9.97 Å². The van der Waals surface area contributed by atoms with Gasteiger partial charge in [0.25, 0.3) is 0 Å². The standard InChI is InChI=1S/C24H26N2O/c1-24(2,3)18-9-10-21-17(15-18)14-16(6-5-13-27)23(26-21)20-7-4-8-22-19(20)11-12-25-22/h4,7-12,14-15,25,27H,5-6,13H2,1-3H3. The third-order valence-corrected chi connectivity index (χ3v) is 5.21. The largest absolute Gasteiger partial charge is 0.396 e. The Morgan fingerprint density at radius 2 is 1.89 bits per heavy atom. The monoisotopic (exact) mass is 358 g/mol. The van der Waals surface area contributed by atoms with E-state index in [1.165, 1.54) is 21.9 Å². The van der Waals surface area contributed by atoms with Gasteiger partial charge in [0.05, 0.1) is 11.2 Å². The van der Waals surface area contributed by atoms with Crippen molar-refractivity contribution < 1.29 is 5.11 Å². The van der Waals surface area contributed by atoms with Gasteiger partial charge in [0.2, 0.25) is 0 Å². The lowest BCUT2D eigenvalue weighted by atomic mass is 9.86. The lowest BCUT2D eigenvalue weighted by Crippen LogP contribution is -2.10.